The van der Waals surface area contributed by atoms with E-state index in [1.807, 2.05) is 0 Å². The van der Waals surface area contributed by atoms with E-state index in [0.29, 0.717) is 10.7 Å². The molecule has 0 saturated carbocycles. The summed E-state index contributed by atoms with van der Waals surface area (Å²) in [4.78, 5) is 36.2. The summed E-state index contributed by atoms with van der Waals surface area (Å²) in [6.07, 6.45) is 1.46. The van der Waals surface area contributed by atoms with Crippen LogP contribution >= 0.6 is 11.6 Å². The molecule has 7 heteroatoms. The predicted molar refractivity (Wildman–Crippen MR) is 76.0 cm³/mol. The van der Waals surface area contributed by atoms with Crippen molar-refractivity contribution in [2.24, 2.45) is 0 Å². The third kappa shape index (κ3) is 3.83. The molecule has 2 rings (SSSR count). The van der Waals surface area contributed by atoms with E-state index < -0.39 is 11.2 Å². The van der Waals surface area contributed by atoms with Crippen LogP contribution in [0, 0.1) is 0 Å². The number of amides is 1. The number of rotatable bonds is 4. The number of halogens is 1. The first-order valence-corrected chi connectivity index (χ1v) is 6.27. The first-order chi connectivity index (χ1) is 9.54. The third-order valence-electron chi connectivity index (χ3n) is 2.58. The highest BCUT2D eigenvalue weighted by atomic mass is 35.5. The minimum absolute atomic E-state index is 0.110. The van der Waals surface area contributed by atoms with Crippen LogP contribution < -0.4 is 16.6 Å². The molecular weight excluding hydrogens is 282 g/mol. The molecule has 1 aromatic carbocycles. The van der Waals surface area contributed by atoms with Crippen LogP contribution in [0.15, 0.2) is 46.1 Å². The first-order valence-electron chi connectivity index (χ1n) is 5.90. The number of H-pyrrole nitrogens is 1. The van der Waals surface area contributed by atoms with Crippen LogP contribution in [0.3, 0.4) is 0 Å². The fraction of sp³-hybridized carbons (Fsp3) is 0.154. The van der Waals surface area contributed by atoms with Crippen LogP contribution in [0.2, 0.25) is 5.02 Å². The molecule has 0 fully saturated rings. The minimum atomic E-state index is -0.534. The molecule has 104 valence electrons. The van der Waals surface area contributed by atoms with E-state index in [-0.39, 0.29) is 18.9 Å². The zero-order chi connectivity index (χ0) is 14.5. The molecule has 0 unspecified atom stereocenters. The van der Waals surface area contributed by atoms with Gasteiger partial charge in [0.15, 0.2) is 0 Å². The molecule has 0 bridgehead atoms. The first kappa shape index (κ1) is 14.1. The molecule has 20 heavy (non-hydrogen) atoms. The Morgan fingerprint density at radius 1 is 1.30 bits per heavy atom. The van der Waals surface area contributed by atoms with Crippen LogP contribution in [0.4, 0.5) is 5.69 Å². The number of aromatic nitrogens is 2. The van der Waals surface area contributed by atoms with Crippen molar-refractivity contribution in [3.8, 4) is 0 Å². The highest BCUT2D eigenvalue weighted by molar-refractivity contribution is 6.30. The quantitative estimate of drug-likeness (QED) is 0.889. The van der Waals surface area contributed by atoms with E-state index in [9.17, 15) is 14.4 Å². The molecule has 1 amide bonds. The van der Waals surface area contributed by atoms with Gasteiger partial charge in [-0.2, -0.15) is 0 Å². The van der Waals surface area contributed by atoms with Gasteiger partial charge in [0.1, 0.15) is 0 Å². The molecule has 1 heterocycles. The summed E-state index contributed by atoms with van der Waals surface area (Å²) in [6.45, 7) is 0.183. The molecule has 0 saturated heterocycles. The summed E-state index contributed by atoms with van der Waals surface area (Å²) in [5.74, 6) is -0.245. The SMILES string of the molecule is O=C(CCn1ccc(=O)[nH]c1=O)Nc1cccc(Cl)c1. The van der Waals surface area contributed by atoms with Gasteiger partial charge in [-0.15, -0.1) is 0 Å². The van der Waals surface area contributed by atoms with Gasteiger partial charge in [-0.25, -0.2) is 4.79 Å². The van der Waals surface area contributed by atoms with Crippen molar-refractivity contribution >= 4 is 23.2 Å². The molecular formula is C13H12ClN3O3. The van der Waals surface area contributed by atoms with Crippen LogP contribution in [0.1, 0.15) is 6.42 Å². The van der Waals surface area contributed by atoms with Gasteiger partial charge < -0.3 is 9.88 Å². The second kappa shape index (κ2) is 6.21. The maximum Gasteiger partial charge on any atom is 0.328 e. The molecule has 2 aromatic rings. The normalized spacial score (nSPS) is 10.2. The van der Waals surface area contributed by atoms with Crippen molar-refractivity contribution < 1.29 is 4.79 Å². The van der Waals surface area contributed by atoms with Gasteiger partial charge in [-0.05, 0) is 18.2 Å². The maximum absolute atomic E-state index is 11.7. The maximum atomic E-state index is 11.7. The Kier molecular flexibility index (Phi) is 4.37. The molecule has 0 aliphatic heterocycles. The zero-order valence-corrected chi connectivity index (χ0v) is 11.2. The van der Waals surface area contributed by atoms with Gasteiger partial charge in [0.2, 0.25) is 5.91 Å². The standard InChI is InChI=1S/C13H12ClN3O3/c14-9-2-1-3-10(8-9)15-11(18)4-6-17-7-5-12(19)16-13(17)20/h1-3,5,7-8H,4,6H2,(H,15,18)(H,16,19,20). The van der Waals surface area contributed by atoms with Gasteiger partial charge in [0, 0.05) is 35.9 Å². The number of carbonyl (C=O) groups is 1. The number of aromatic amines is 1. The van der Waals surface area contributed by atoms with Crippen LogP contribution in [0.5, 0.6) is 0 Å². The van der Waals surface area contributed by atoms with Crippen molar-refractivity contribution in [3.05, 3.63) is 62.4 Å². The van der Waals surface area contributed by atoms with Crippen molar-refractivity contribution in [1.29, 1.82) is 0 Å². The Labute approximate surface area is 119 Å². The molecule has 6 nitrogen and oxygen atoms in total. The van der Waals surface area contributed by atoms with E-state index in [1.165, 1.54) is 16.8 Å². The lowest BCUT2D eigenvalue weighted by atomic mass is 10.3. The Balaban J connectivity index is 1.95. The molecule has 0 aliphatic rings. The van der Waals surface area contributed by atoms with E-state index in [0.717, 1.165) is 0 Å². The minimum Gasteiger partial charge on any atom is -0.326 e. The lowest BCUT2D eigenvalue weighted by Crippen LogP contribution is -2.29. The van der Waals surface area contributed by atoms with Gasteiger partial charge in [-0.3, -0.25) is 14.6 Å². The monoisotopic (exact) mass is 293 g/mol. The molecule has 2 N–H and O–H groups in total. The number of nitrogens with zero attached hydrogens (tertiary/aromatic N) is 1. The van der Waals surface area contributed by atoms with Crippen LogP contribution in [0.25, 0.3) is 0 Å². The second-order valence-electron chi connectivity index (χ2n) is 4.11. The second-order valence-corrected chi connectivity index (χ2v) is 4.55. The van der Waals surface area contributed by atoms with E-state index in [4.69, 9.17) is 11.6 Å². The number of hydrogen-bond donors (Lipinski definition) is 2. The third-order valence-corrected chi connectivity index (χ3v) is 2.82. The van der Waals surface area contributed by atoms with E-state index in [2.05, 4.69) is 10.3 Å². The van der Waals surface area contributed by atoms with Crippen molar-refractivity contribution in [2.45, 2.75) is 13.0 Å². The number of nitrogens with one attached hydrogen (secondary N) is 2. The number of benzene rings is 1. The summed E-state index contributed by atoms with van der Waals surface area (Å²) in [5.41, 5.74) is -0.404. The number of aryl methyl sites for hydroxylation is 1. The average Bonchev–Trinajstić information content (AvgIpc) is 2.37. The van der Waals surface area contributed by atoms with Crippen LogP contribution in [-0.2, 0) is 11.3 Å². The lowest BCUT2D eigenvalue weighted by molar-refractivity contribution is -0.116. The van der Waals surface area contributed by atoms with Gasteiger partial charge >= 0.3 is 5.69 Å². The molecule has 0 aliphatic carbocycles. The van der Waals surface area contributed by atoms with Crippen molar-refractivity contribution in [3.63, 3.8) is 0 Å². The van der Waals surface area contributed by atoms with Crippen molar-refractivity contribution in [2.75, 3.05) is 5.32 Å². The molecule has 1 aromatic heterocycles. The van der Waals surface area contributed by atoms with E-state index in [1.54, 1.807) is 24.3 Å². The Morgan fingerprint density at radius 2 is 2.10 bits per heavy atom. The summed E-state index contributed by atoms with van der Waals surface area (Å²) in [5, 5.41) is 3.20. The molecule has 0 radical (unpaired) electrons. The smallest absolute Gasteiger partial charge is 0.326 e. The average molecular weight is 294 g/mol. The predicted octanol–water partition coefficient (Wildman–Crippen LogP) is 1.22. The summed E-state index contributed by atoms with van der Waals surface area (Å²) in [7, 11) is 0. The van der Waals surface area contributed by atoms with Gasteiger partial charge in [0.05, 0.1) is 0 Å². The largest absolute Gasteiger partial charge is 0.328 e. The highest BCUT2D eigenvalue weighted by Crippen LogP contribution is 2.14. The van der Waals surface area contributed by atoms with Crippen LogP contribution in [-0.4, -0.2) is 15.5 Å². The molecule has 0 spiro atoms. The van der Waals surface area contributed by atoms with E-state index >= 15 is 0 Å². The fourth-order valence-corrected chi connectivity index (χ4v) is 1.82. The highest BCUT2D eigenvalue weighted by Gasteiger charge is 2.04. The lowest BCUT2D eigenvalue weighted by Gasteiger charge is -2.06. The topological polar surface area (TPSA) is 84.0 Å². The summed E-state index contributed by atoms with van der Waals surface area (Å²) < 4.78 is 1.26. The van der Waals surface area contributed by atoms with Gasteiger partial charge in [-0.1, -0.05) is 17.7 Å². The Bertz CT molecular complexity index is 736. The number of carbonyl (C=O) groups excluding carboxylic acids is 1. The summed E-state index contributed by atoms with van der Waals surface area (Å²) in [6, 6.07) is 8.01. The Hall–Kier alpha value is -2.34. The Morgan fingerprint density at radius 3 is 2.80 bits per heavy atom. The van der Waals surface area contributed by atoms with Gasteiger partial charge in [0.25, 0.3) is 5.56 Å². The zero-order valence-electron chi connectivity index (χ0n) is 10.4. The summed E-state index contributed by atoms with van der Waals surface area (Å²) >= 11 is 5.81. The number of hydrogen-bond acceptors (Lipinski definition) is 3. The number of anilines is 1. The van der Waals surface area contributed by atoms with Crippen molar-refractivity contribution in [1.82, 2.24) is 9.55 Å². The fourth-order valence-electron chi connectivity index (χ4n) is 1.63. The molecule has 0 atom stereocenters.